The van der Waals surface area contributed by atoms with Gasteiger partial charge in [0.2, 0.25) is 0 Å². The SMILES string of the molecule is BC(B)CC(F)(F)F. The molecule has 0 heterocycles. The van der Waals surface area contributed by atoms with Crippen molar-refractivity contribution in [1.29, 1.82) is 0 Å². The van der Waals surface area contributed by atoms with E-state index < -0.39 is 12.6 Å². The Hall–Kier alpha value is -0.0801. The molecule has 0 bridgehead atoms. The second-order valence-corrected chi connectivity index (χ2v) is 2.21. The lowest BCUT2D eigenvalue weighted by Gasteiger charge is -2.06. The first-order valence-electron chi connectivity index (χ1n) is 2.48. The fourth-order valence-electron chi connectivity index (χ4n) is 0.463. The fraction of sp³-hybridized carbons (Fsp3) is 1.00. The molecule has 0 radical (unpaired) electrons. The van der Waals surface area contributed by atoms with Crippen molar-refractivity contribution in [2.45, 2.75) is 18.3 Å². The summed E-state index contributed by atoms with van der Waals surface area (Å²) < 4.78 is 33.9. The molecule has 0 aliphatic carbocycles. The molecule has 0 nitrogen and oxygen atoms in total. The predicted octanol–water partition coefficient (Wildman–Crippen LogP) is -0.0490. The van der Waals surface area contributed by atoms with Crippen molar-refractivity contribution in [1.82, 2.24) is 0 Å². The van der Waals surface area contributed by atoms with Gasteiger partial charge >= 0.3 is 6.18 Å². The number of halogens is 3. The van der Waals surface area contributed by atoms with Gasteiger partial charge < -0.3 is 0 Å². The van der Waals surface area contributed by atoms with Gasteiger partial charge in [-0.2, -0.15) is 13.2 Å². The summed E-state index contributed by atoms with van der Waals surface area (Å²) >= 11 is 0. The summed E-state index contributed by atoms with van der Waals surface area (Å²) in [5.74, 6) is 0. The van der Waals surface area contributed by atoms with Crippen LogP contribution in [0, 0.1) is 0 Å². The highest BCUT2D eigenvalue weighted by Crippen LogP contribution is 2.23. The van der Waals surface area contributed by atoms with Gasteiger partial charge in [0.1, 0.15) is 0 Å². The van der Waals surface area contributed by atoms with Crippen LogP contribution < -0.4 is 0 Å². The topological polar surface area (TPSA) is 0 Å². The third kappa shape index (κ3) is 5.92. The van der Waals surface area contributed by atoms with Crippen molar-refractivity contribution >= 4 is 15.7 Å². The van der Waals surface area contributed by atoms with Crippen LogP contribution in [0.5, 0.6) is 0 Å². The van der Waals surface area contributed by atoms with E-state index in [1.807, 2.05) is 0 Å². The first kappa shape index (κ1) is 7.92. The average molecular weight is 122 g/mol. The van der Waals surface area contributed by atoms with Gasteiger partial charge in [-0.25, -0.2) is 0 Å². The molecule has 0 fully saturated rings. The largest absolute Gasteiger partial charge is 0.388 e. The van der Waals surface area contributed by atoms with Crippen molar-refractivity contribution < 1.29 is 13.2 Å². The molecular formula is C3H7B2F3. The van der Waals surface area contributed by atoms with Gasteiger partial charge in [0, 0.05) is 6.42 Å². The number of alkyl halides is 3. The minimum Gasteiger partial charge on any atom is -0.171 e. The lowest BCUT2D eigenvalue weighted by molar-refractivity contribution is -0.132. The van der Waals surface area contributed by atoms with E-state index in [1.54, 1.807) is 15.7 Å². The van der Waals surface area contributed by atoms with E-state index in [0.29, 0.717) is 0 Å². The smallest absolute Gasteiger partial charge is 0.171 e. The van der Waals surface area contributed by atoms with E-state index in [1.165, 1.54) is 0 Å². The molecule has 0 unspecified atom stereocenters. The molecule has 0 aliphatic heterocycles. The van der Waals surface area contributed by atoms with Gasteiger partial charge in [-0.1, -0.05) is 5.72 Å². The molecule has 0 aromatic carbocycles. The predicted molar refractivity (Wildman–Crippen MR) is 31.5 cm³/mol. The molecule has 0 saturated carbocycles. The van der Waals surface area contributed by atoms with E-state index in [0.717, 1.165) is 0 Å². The van der Waals surface area contributed by atoms with Crippen LogP contribution in [0.1, 0.15) is 6.42 Å². The highest BCUT2D eigenvalue weighted by Gasteiger charge is 2.27. The molecule has 0 N–H and O–H groups in total. The van der Waals surface area contributed by atoms with Gasteiger partial charge in [-0.3, -0.25) is 0 Å². The van der Waals surface area contributed by atoms with E-state index in [4.69, 9.17) is 0 Å². The Morgan fingerprint density at radius 2 is 1.62 bits per heavy atom. The quantitative estimate of drug-likeness (QED) is 0.427. The summed E-state index contributed by atoms with van der Waals surface area (Å²) in [5.41, 5.74) is -0.282. The van der Waals surface area contributed by atoms with E-state index in [2.05, 4.69) is 0 Å². The second kappa shape index (κ2) is 2.46. The van der Waals surface area contributed by atoms with E-state index in [-0.39, 0.29) is 5.72 Å². The Labute approximate surface area is 48.3 Å². The first-order chi connectivity index (χ1) is 3.42. The summed E-state index contributed by atoms with van der Waals surface area (Å²) in [7, 11) is 3.10. The maximum atomic E-state index is 11.3. The zero-order valence-corrected chi connectivity index (χ0v) is 4.92. The van der Waals surface area contributed by atoms with E-state index >= 15 is 0 Å². The van der Waals surface area contributed by atoms with Crippen LogP contribution in [0.2, 0.25) is 5.72 Å². The lowest BCUT2D eigenvalue weighted by Crippen LogP contribution is -2.11. The summed E-state index contributed by atoms with van der Waals surface area (Å²) in [6.45, 7) is 0. The van der Waals surface area contributed by atoms with Crippen LogP contribution in [-0.2, 0) is 0 Å². The molecule has 5 heteroatoms. The molecule has 0 aliphatic rings. The minimum atomic E-state index is -3.98. The Morgan fingerprint density at radius 1 is 1.25 bits per heavy atom. The van der Waals surface area contributed by atoms with Crippen LogP contribution in [0.3, 0.4) is 0 Å². The Morgan fingerprint density at radius 3 is 1.62 bits per heavy atom. The summed E-state index contributed by atoms with van der Waals surface area (Å²) in [6.07, 6.45) is -4.65. The van der Waals surface area contributed by atoms with Crippen LogP contribution in [0.15, 0.2) is 0 Å². The van der Waals surface area contributed by atoms with Gasteiger partial charge in [0.15, 0.2) is 0 Å². The normalized spacial score (nSPS) is 12.5. The van der Waals surface area contributed by atoms with Crippen LogP contribution in [0.25, 0.3) is 0 Å². The minimum absolute atomic E-state index is 0.282. The van der Waals surface area contributed by atoms with Crippen LogP contribution >= 0.6 is 0 Å². The van der Waals surface area contributed by atoms with Gasteiger partial charge in [-0.05, 0) is 0 Å². The maximum Gasteiger partial charge on any atom is 0.388 e. The zero-order valence-electron chi connectivity index (χ0n) is 4.92. The Bertz CT molecular complexity index is 67.4. The monoisotopic (exact) mass is 122 g/mol. The van der Waals surface area contributed by atoms with Gasteiger partial charge in [0.05, 0.1) is 15.7 Å². The molecule has 0 atom stereocenters. The zero-order chi connectivity index (χ0) is 6.78. The second-order valence-electron chi connectivity index (χ2n) is 2.21. The molecule has 0 saturated heterocycles. The third-order valence-corrected chi connectivity index (χ3v) is 0.640. The summed E-state index contributed by atoms with van der Waals surface area (Å²) in [6, 6.07) is 0. The summed E-state index contributed by atoms with van der Waals surface area (Å²) in [5, 5.41) is 0. The van der Waals surface area contributed by atoms with Crippen molar-refractivity contribution in [3.05, 3.63) is 0 Å². The fourth-order valence-corrected chi connectivity index (χ4v) is 0.463. The molecular weight excluding hydrogens is 115 g/mol. The number of hydrogen-bond donors (Lipinski definition) is 0. The molecule has 46 valence electrons. The molecule has 0 aromatic heterocycles. The maximum absolute atomic E-state index is 11.3. The van der Waals surface area contributed by atoms with Crippen molar-refractivity contribution in [3.8, 4) is 0 Å². The molecule has 0 aromatic rings. The van der Waals surface area contributed by atoms with E-state index in [9.17, 15) is 13.2 Å². The standard InChI is InChI=1S/C3H7B2F3/c4-2(5)1-3(6,7)8/h2H,1,4-5H2. The van der Waals surface area contributed by atoms with Crippen molar-refractivity contribution in [3.63, 3.8) is 0 Å². The molecule has 0 spiro atoms. The van der Waals surface area contributed by atoms with Gasteiger partial charge in [-0.15, -0.1) is 0 Å². The number of hydrogen-bond acceptors (Lipinski definition) is 0. The van der Waals surface area contributed by atoms with Gasteiger partial charge in [0.25, 0.3) is 0 Å². The average Bonchev–Trinajstić information content (AvgIpc) is 1.21. The highest BCUT2D eigenvalue weighted by molar-refractivity contribution is 6.35. The highest BCUT2D eigenvalue weighted by atomic mass is 19.4. The van der Waals surface area contributed by atoms with Crippen molar-refractivity contribution in [2.24, 2.45) is 0 Å². The molecule has 0 rings (SSSR count). The first-order valence-corrected chi connectivity index (χ1v) is 2.48. The van der Waals surface area contributed by atoms with Crippen LogP contribution in [0.4, 0.5) is 13.2 Å². The third-order valence-electron chi connectivity index (χ3n) is 0.640. The molecule has 8 heavy (non-hydrogen) atoms. The summed E-state index contributed by atoms with van der Waals surface area (Å²) in [4.78, 5) is 0. The van der Waals surface area contributed by atoms with Crippen LogP contribution in [-0.4, -0.2) is 21.9 Å². The van der Waals surface area contributed by atoms with Crippen molar-refractivity contribution in [2.75, 3.05) is 0 Å². The molecule has 0 amide bonds. The Kier molecular flexibility index (Phi) is 2.44. The number of rotatable bonds is 1. The Balaban J connectivity index is 3.39. The lowest BCUT2D eigenvalue weighted by atomic mass is 9.69.